The highest BCUT2D eigenvalue weighted by molar-refractivity contribution is 7.99. The number of methoxy groups -OCH3 is 1. The summed E-state index contributed by atoms with van der Waals surface area (Å²) < 4.78 is 18.3. The number of nitrogen functional groups attached to an aromatic ring is 1. The number of hydrogen-bond donors (Lipinski definition) is 2. The zero-order valence-electron chi connectivity index (χ0n) is 10.9. The molecule has 106 valence electrons. The highest BCUT2D eigenvalue weighted by atomic mass is 32.2. The van der Waals surface area contributed by atoms with Gasteiger partial charge in [-0.25, -0.2) is 4.39 Å². The van der Waals surface area contributed by atoms with E-state index in [1.807, 2.05) is 0 Å². The molecule has 0 unspecified atom stereocenters. The fourth-order valence-electron chi connectivity index (χ4n) is 1.42. The molecule has 0 aliphatic carbocycles. The van der Waals surface area contributed by atoms with Gasteiger partial charge < -0.3 is 15.8 Å². The molecule has 0 aromatic heterocycles. The Hall–Kier alpha value is -1.27. The van der Waals surface area contributed by atoms with E-state index in [9.17, 15) is 9.18 Å². The van der Waals surface area contributed by atoms with Gasteiger partial charge in [0.2, 0.25) is 5.91 Å². The summed E-state index contributed by atoms with van der Waals surface area (Å²) >= 11 is 1.68. The van der Waals surface area contributed by atoms with Crippen molar-refractivity contribution in [1.82, 2.24) is 0 Å². The summed E-state index contributed by atoms with van der Waals surface area (Å²) in [6.45, 7) is 0.730. The summed E-state index contributed by atoms with van der Waals surface area (Å²) in [6.07, 6.45) is 1.32. The van der Waals surface area contributed by atoms with Crippen molar-refractivity contribution >= 4 is 29.0 Å². The van der Waals surface area contributed by atoms with E-state index in [1.165, 1.54) is 18.2 Å². The summed E-state index contributed by atoms with van der Waals surface area (Å²) in [4.78, 5) is 11.6. The zero-order chi connectivity index (χ0) is 14.1. The number of amides is 1. The Morgan fingerprint density at radius 1 is 1.47 bits per heavy atom. The van der Waals surface area contributed by atoms with Crippen LogP contribution in [0.15, 0.2) is 18.2 Å². The molecule has 0 bridgehead atoms. The number of nitrogens with two attached hydrogens (primary N) is 1. The minimum absolute atomic E-state index is 0.134. The second-order valence-electron chi connectivity index (χ2n) is 4.00. The van der Waals surface area contributed by atoms with E-state index in [-0.39, 0.29) is 11.6 Å². The van der Waals surface area contributed by atoms with Crippen molar-refractivity contribution in [2.45, 2.75) is 12.8 Å². The first-order chi connectivity index (χ1) is 9.13. The quantitative estimate of drug-likeness (QED) is 0.569. The van der Waals surface area contributed by atoms with Crippen molar-refractivity contribution in [2.24, 2.45) is 0 Å². The molecule has 3 N–H and O–H groups in total. The number of anilines is 2. The maximum absolute atomic E-state index is 13.4. The van der Waals surface area contributed by atoms with Gasteiger partial charge in [0.15, 0.2) is 0 Å². The Kier molecular flexibility index (Phi) is 7.28. The lowest BCUT2D eigenvalue weighted by Gasteiger charge is -2.07. The van der Waals surface area contributed by atoms with Crippen LogP contribution in [0, 0.1) is 5.82 Å². The Labute approximate surface area is 116 Å². The largest absolute Gasteiger partial charge is 0.399 e. The summed E-state index contributed by atoms with van der Waals surface area (Å²) in [5, 5.41) is 2.52. The maximum atomic E-state index is 13.4. The van der Waals surface area contributed by atoms with Crippen LogP contribution in [-0.2, 0) is 9.53 Å². The van der Waals surface area contributed by atoms with Crippen LogP contribution in [0.3, 0.4) is 0 Å². The maximum Gasteiger partial charge on any atom is 0.225 e. The third kappa shape index (κ3) is 6.45. The van der Waals surface area contributed by atoms with Crippen molar-refractivity contribution in [1.29, 1.82) is 0 Å². The summed E-state index contributed by atoms with van der Waals surface area (Å²) in [5.74, 6) is 0.979. The molecule has 1 aromatic carbocycles. The molecule has 1 aromatic rings. The third-order valence-electron chi connectivity index (χ3n) is 2.38. The first-order valence-corrected chi connectivity index (χ1v) is 7.20. The van der Waals surface area contributed by atoms with Gasteiger partial charge in [0.05, 0.1) is 5.69 Å². The van der Waals surface area contributed by atoms with Crippen molar-refractivity contribution in [3.63, 3.8) is 0 Å². The number of carbonyl (C=O) groups is 1. The molecule has 0 spiro atoms. The van der Waals surface area contributed by atoms with Crippen LogP contribution in [0.2, 0.25) is 0 Å². The van der Waals surface area contributed by atoms with Gasteiger partial charge in [-0.3, -0.25) is 4.79 Å². The normalized spacial score (nSPS) is 10.4. The van der Waals surface area contributed by atoms with Gasteiger partial charge in [0, 0.05) is 31.6 Å². The molecule has 0 aliphatic rings. The Morgan fingerprint density at radius 3 is 3.00 bits per heavy atom. The smallest absolute Gasteiger partial charge is 0.225 e. The standard InChI is InChI=1S/C13H19FN2O2S/c1-18-6-2-7-19-8-5-13(17)16-12-9-10(15)3-4-11(12)14/h3-4,9H,2,5-8,15H2,1H3,(H,16,17). The van der Waals surface area contributed by atoms with E-state index in [1.54, 1.807) is 18.9 Å². The molecule has 1 amide bonds. The predicted octanol–water partition coefficient (Wildman–Crippen LogP) is 2.51. The number of halogens is 1. The van der Waals surface area contributed by atoms with E-state index in [0.29, 0.717) is 17.9 Å². The average Bonchev–Trinajstić information content (AvgIpc) is 2.38. The molecule has 0 saturated heterocycles. The summed E-state index contributed by atoms with van der Waals surface area (Å²) in [6, 6.07) is 4.11. The molecule has 1 rings (SSSR count). The number of benzene rings is 1. The average molecular weight is 286 g/mol. The number of rotatable bonds is 8. The van der Waals surface area contributed by atoms with Gasteiger partial charge in [-0.05, 0) is 30.4 Å². The third-order valence-corrected chi connectivity index (χ3v) is 3.45. The monoisotopic (exact) mass is 286 g/mol. The lowest BCUT2D eigenvalue weighted by atomic mass is 10.2. The molecule has 0 aliphatic heterocycles. The minimum atomic E-state index is -0.477. The molecule has 19 heavy (non-hydrogen) atoms. The van der Waals surface area contributed by atoms with Crippen LogP contribution in [-0.4, -0.2) is 31.1 Å². The lowest BCUT2D eigenvalue weighted by Crippen LogP contribution is -2.13. The van der Waals surface area contributed by atoms with Crippen LogP contribution in [0.1, 0.15) is 12.8 Å². The predicted molar refractivity (Wildman–Crippen MR) is 77.9 cm³/mol. The van der Waals surface area contributed by atoms with Crippen molar-refractivity contribution in [3.8, 4) is 0 Å². The van der Waals surface area contributed by atoms with Gasteiger partial charge in [-0.2, -0.15) is 11.8 Å². The molecule has 6 heteroatoms. The van der Waals surface area contributed by atoms with Gasteiger partial charge in [-0.1, -0.05) is 0 Å². The molecular formula is C13H19FN2O2S. The highest BCUT2D eigenvalue weighted by Crippen LogP contribution is 2.17. The fourth-order valence-corrected chi connectivity index (χ4v) is 2.28. The molecule has 0 heterocycles. The van der Waals surface area contributed by atoms with E-state index in [4.69, 9.17) is 10.5 Å². The molecular weight excluding hydrogens is 267 g/mol. The van der Waals surface area contributed by atoms with Crippen molar-refractivity contribution < 1.29 is 13.9 Å². The molecule has 4 nitrogen and oxygen atoms in total. The van der Waals surface area contributed by atoms with Crippen molar-refractivity contribution in [3.05, 3.63) is 24.0 Å². The molecule has 0 saturated carbocycles. The van der Waals surface area contributed by atoms with Crippen LogP contribution in [0.25, 0.3) is 0 Å². The second kappa shape index (κ2) is 8.77. The van der Waals surface area contributed by atoms with E-state index < -0.39 is 5.82 Å². The SMILES string of the molecule is COCCCSCCC(=O)Nc1cc(N)ccc1F. The second-order valence-corrected chi connectivity index (χ2v) is 5.22. The van der Waals surface area contributed by atoms with Crippen LogP contribution >= 0.6 is 11.8 Å². The van der Waals surface area contributed by atoms with Gasteiger partial charge in [-0.15, -0.1) is 0 Å². The highest BCUT2D eigenvalue weighted by Gasteiger charge is 2.07. The van der Waals surface area contributed by atoms with E-state index >= 15 is 0 Å². The van der Waals surface area contributed by atoms with Crippen molar-refractivity contribution in [2.75, 3.05) is 36.3 Å². The van der Waals surface area contributed by atoms with Crippen LogP contribution < -0.4 is 11.1 Å². The Bertz CT molecular complexity index is 416. The van der Waals surface area contributed by atoms with Crippen LogP contribution in [0.5, 0.6) is 0 Å². The van der Waals surface area contributed by atoms with E-state index in [2.05, 4.69) is 5.32 Å². The minimum Gasteiger partial charge on any atom is -0.399 e. The molecule has 0 atom stereocenters. The number of nitrogens with one attached hydrogen (secondary N) is 1. The van der Waals surface area contributed by atoms with Gasteiger partial charge in [0.25, 0.3) is 0 Å². The number of carbonyl (C=O) groups excluding carboxylic acids is 1. The molecule has 0 radical (unpaired) electrons. The van der Waals surface area contributed by atoms with Gasteiger partial charge >= 0.3 is 0 Å². The fraction of sp³-hybridized carbons (Fsp3) is 0.462. The summed E-state index contributed by atoms with van der Waals surface area (Å²) in [7, 11) is 1.66. The molecule has 0 fully saturated rings. The Balaban J connectivity index is 2.25. The lowest BCUT2D eigenvalue weighted by molar-refractivity contribution is -0.115. The van der Waals surface area contributed by atoms with E-state index in [0.717, 1.165) is 18.8 Å². The topological polar surface area (TPSA) is 64.3 Å². The van der Waals surface area contributed by atoms with Gasteiger partial charge in [0.1, 0.15) is 5.82 Å². The first kappa shape index (κ1) is 15.8. The Morgan fingerprint density at radius 2 is 2.26 bits per heavy atom. The number of ether oxygens (including phenoxy) is 1. The number of hydrogen-bond acceptors (Lipinski definition) is 4. The number of thioether (sulfide) groups is 1. The zero-order valence-corrected chi connectivity index (χ0v) is 11.8. The first-order valence-electron chi connectivity index (χ1n) is 6.05. The summed E-state index contributed by atoms with van der Waals surface area (Å²) in [5.41, 5.74) is 6.09. The van der Waals surface area contributed by atoms with Crippen LogP contribution in [0.4, 0.5) is 15.8 Å².